The van der Waals surface area contributed by atoms with Gasteiger partial charge in [-0.1, -0.05) is 13.8 Å². The lowest BCUT2D eigenvalue weighted by Crippen LogP contribution is -2.60. The molecule has 3 nitrogen and oxygen atoms in total. The van der Waals surface area contributed by atoms with E-state index < -0.39 is 0 Å². The highest BCUT2D eigenvalue weighted by Gasteiger charge is 2.59. The molecule has 2 N–H and O–H groups in total. The zero-order valence-corrected chi connectivity index (χ0v) is 13.6. The molecule has 1 saturated heterocycles. The minimum atomic E-state index is -0.0179. The van der Waals surface area contributed by atoms with Crippen molar-refractivity contribution in [2.75, 3.05) is 13.1 Å². The topological polar surface area (TPSA) is 41.1 Å². The summed E-state index contributed by atoms with van der Waals surface area (Å²) in [5.41, 5.74) is 0.438. The molecule has 4 bridgehead atoms. The highest BCUT2D eigenvalue weighted by Crippen LogP contribution is 2.65. The lowest BCUT2D eigenvalue weighted by Gasteiger charge is -2.60. The molecule has 21 heavy (non-hydrogen) atoms. The van der Waals surface area contributed by atoms with E-state index in [-0.39, 0.29) is 5.41 Å². The van der Waals surface area contributed by atoms with Gasteiger partial charge in [0, 0.05) is 12.6 Å². The fourth-order valence-electron chi connectivity index (χ4n) is 6.49. The minimum Gasteiger partial charge on any atom is -0.351 e. The van der Waals surface area contributed by atoms with Crippen LogP contribution in [0.4, 0.5) is 0 Å². The zero-order chi connectivity index (χ0) is 14.7. The van der Waals surface area contributed by atoms with E-state index >= 15 is 0 Å². The summed E-state index contributed by atoms with van der Waals surface area (Å²) < 4.78 is 0. The molecule has 0 spiro atoms. The van der Waals surface area contributed by atoms with E-state index in [1.807, 2.05) is 0 Å². The minimum absolute atomic E-state index is 0.0179. The average Bonchev–Trinajstić information content (AvgIpc) is 2.38. The Kier molecular flexibility index (Phi) is 3.15. The Hall–Kier alpha value is -0.570. The molecule has 3 heteroatoms. The number of hydrogen-bond acceptors (Lipinski definition) is 2. The lowest BCUT2D eigenvalue weighted by atomic mass is 9.44. The smallest absolute Gasteiger partial charge is 0.226 e. The van der Waals surface area contributed by atoms with Gasteiger partial charge in [0.05, 0.1) is 5.41 Å². The van der Waals surface area contributed by atoms with E-state index in [1.165, 1.54) is 38.5 Å². The summed E-state index contributed by atoms with van der Waals surface area (Å²) in [7, 11) is 0. The molecular weight excluding hydrogens is 260 g/mol. The Morgan fingerprint density at radius 3 is 2.52 bits per heavy atom. The van der Waals surface area contributed by atoms with Crippen LogP contribution in [-0.4, -0.2) is 25.0 Å². The molecule has 4 saturated carbocycles. The molecule has 5 aliphatic rings. The predicted octanol–water partition coefficient (Wildman–Crippen LogP) is 2.71. The van der Waals surface area contributed by atoms with Gasteiger partial charge in [0.1, 0.15) is 0 Å². The van der Waals surface area contributed by atoms with Gasteiger partial charge < -0.3 is 10.6 Å². The van der Waals surface area contributed by atoms with E-state index in [1.54, 1.807) is 0 Å². The number of nitrogens with one attached hydrogen (secondary N) is 2. The molecular formula is C18H30N2O. The van der Waals surface area contributed by atoms with Gasteiger partial charge in [-0.25, -0.2) is 0 Å². The first-order chi connectivity index (χ1) is 9.98. The van der Waals surface area contributed by atoms with Crippen molar-refractivity contribution in [3.8, 4) is 0 Å². The summed E-state index contributed by atoms with van der Waals surface area (Å²) in [5, 5.41) is 6.88. The lowest BCUT2D eigenvalue weighted by molar-refractivity contribution is -0.156. The van der Waals surface area contributed by atoms with Crippen molar-refractivity contribution in [1.82, 2.24) is 10.6 Å². The van der Waals surface area contributed by atoms with Crippen molar-refractivity contribution >= 4 is 5.91 Å². The average molecular weight is 290 g/mol. The number of hydrogen-bond donors (Lipinski definition) is 2. The van der Waals surface area contributed by atoms with Crippen molar-refractivity contribution in [2.45, 2.75) is 64.8 Å². The Morgan fingerprint density at radius 2 is 1.90 bits per heavy atom. The quantitative estimate of drug-likeness (QED) is 0.821. The van der Waals surface area contributed by atoms with Crippen LogP contribution in [-0.2, 0) is 4.79 Å². The molecule has 4 aliphatic carbocycles. The zero-order valence-electron chi connectivity index (χ0n) is 13.6. The molecule has 0 aromatic heterocycles. The summed E-state index contributed by atoms with van der Waals surface area (Å²) in [6.45, 7) is 6.78. The third kappa shape index (κ3) is 2.32. The first-order valence-electron chi connectivity index (χ1n) is 9.00. The number of amides is 1. The third-order valence-electron chi connectivity index (χ3n) is 6.98. The van der Waals surface area contributed by atoms with Crippen LogP contribution in [0, 0.1) is 28.6 Å². The van der Waals surface area contributed by atoms with E-state index in [0.29, 0.717) is 23.3 Å². The Labute approximate surface area is 128 Å². The van der Waals surface area contributed by atoms with Gasteiger partial charge in [0.15, 0.2) is 0 Å². The van der Waals surface area contributed by atoms with Crippen LogP contribution in [0.1, 0.15) is 58.8 Å². The van der Waals surface area contributed by atoms with Crippen LogP contribution in [0.3, 0.4) is 0 Å². The van der Waals surface area contributed by atoms with E-state index in [2.05, 4.69) is 24.5 Å². The summed E-state index contributed by atoms with van der Waals surface area (Å²) in [5.74, 6) is 2.65. The van der Waals surface area contributed by atoms with Gasteiger partial charge in [0.25, 0.3) is 0 Å². The van der Waals surface area contributed by atoms with Crippen molar-refractivity contribution in [1.29, 1.82) is 0 Å². The fraction of sp³-hybridized carbons (Fsp3) is 0.944. The molecule has 1 amide bonds. The number of carbonyl (C=O) groups is 1. The van der Waals surface area contributed by atoms with Gasteiger partial charge in [-0.3, -0.25) is 4.79 Å². The summed E-state index contributed by atoms with van der Waals surface area (Å²) in [4.78, 5) is 13.1. The molecule has 5 rings (SSSR count). The number of piperidine rings is 1. The maximum Gasteiger partial charge on any atom is 0.226 e. The summed E-state index contributed by atoms with van der Waals surface area (Å²) >= 11 is 0. The van der Waals surface area contributed by atoms with Crippen LogP contribution in [0.15, 0.2) is 0 Å². The molecule has 5 fully saturated rings. The van der Waals surface area contributed by atoms with Crippen molar-refractivity contribution in [3.05, 3.63) is 0 Å². The maximum atomic E-state index is 13.1. The Morgan fingerprint density at radius 1 is 1.19 bits per heavy atom. The number of carbonyl (C=O) groups excluding carboxylic acids is 1. The number of rotatable bonds is 2. The van der Waals surface area contributed by atoms with E-state index in [4.69, 9.17) is 0 Å². The summed E-state index contributed by atoms with van der Waals surface area (Å²) in [6, 6.07) is 0.340. The standard InChI is InChI=1S/C18H30N2O/c1-12-3-4-19-10-15(12)20-16(21)18-8-13-5-14(9-18)7-17(2,6-13)11-18/h12-15,19H,3-11H2,1-2H3,(H,20,21). The van der Waals surface area contributed by atoms with Crippen LogP contribution in [0.2, 0.25) is 0 Å². The second kappa shape index (κ2) is 4.71. The molecule has 0 aromatic rings. The third-order valence-corrected chi connectivity index (χ3v) is 6.98. The highest BCUT2D eigenvalue weighted by molar-refractivity contribution is 5.83. The van der Waals surface area contributed by atoms with Crippen LogP contribution >= 0.6 is 0 Å². The van der Waals surface area contributed by atoms with Crippen molar-refractivity contribution in [3.63, 3.8) is 0 Å². The van der Waals surface area contributed by atoms with Gasteiger partial charge in [-0.05, 0) is 74.7 Å². The van der Waals surface area contributed by atoms with E-state index in [0.717, 1.165) is 31.3 Å². The monoisotopic (exact) mass is 290 g/mol. The van der Waals surface area contributed by atoms with Crippen LogP contribution in [0.25, 0.3) is 0 Å². The molecule has 4 unspecified atom stereocenters. The second-order valence-corrected chi connectivity index (χ2v) is 9.10. The van der Waals surface area contributed by atoms with Gasteiger partial charge >= 0.3 is 0 Å². The molecule has 1 aliphatic heterocycles. The van der Waals surface area contributed by atoms with Gasteiger partial charge in [-0.15, -0.1) is 0 Å². The van der Waals surface area contributed by atoms with Crippen molar-refractivity contribution < 1.29 is 4.79 Å². The highest BCUT2D eigenvalue weighted by atomic mass is 16.2. The predicted molar refractivity (Wildman–Crippen MR) is 83.8 cm³/mol. The normalized spacial score (nSPS) is 51.9. The SMILES string of the molecule is CC1CCNCC1NC(=O)C12CC3CC(CC(C)(C3)C1)C2. The van der Waals surface area contributed by atoms with Gasteiger partial charge in [0.2, 0.25) is 5.91 Å². The molecule has 1 heterocycles. The summed E-state index contributed by atoms with van der Waals surface area (Å²) in [6.07, 6.45) is 8.80. The van der Waals surface area contributed by atoms with Crippen LogP contribution < -0.4 is 10.6 Å². The molecule has 118 valence electrons. The van der Waals surface area contributed by atoms with Crippen molar-refractivity contribution in [2.24, 2.45) is 28.6 Å². The first-order valence-corrected chi connectivity index (χ1v) is 9.00. The molecule has 0 aromatic carbocycles. The fourth-order valence-corrected chi connectivity index (χ4v) is 6.49. The largest absolute Gasteiger partial charge is 0.351 e. The molecule has 0 radical (unpaired) electrons. The Balaban J connectivity index is 1.51. The molecule has 4 atom stereocenters. The Bertz CT molecular complexity index is 432. The van der Waals surface area contributed by atoms with Gasteiger partial charge in [-0.2, -0.15) is 0 Å². The van der Waals surface area contributed by atoms with E-state index in [9.17, 15) is 4.79 Å². The second-order valence-electron chi connectivity index (χ2n) is 9.10. The first kappa shape index (κ1) is 14.0. The van der Waals surface area contributed by atoms with Crippen LogP contribution in [0.5, 0.6) is 0 Å². The maximum absolute atomic E-state index is 13.1.